The average Bonchev–Trinajstić information content (AvgIpc) is 3.01. The van der Waals surface area contributed by atoms with Crippen molar-refractivity contribution < 1.29 is 22.7 Å². The predicted octanol–water partition coefficient (Wildman–Crippen LogP) is 2.47. The fraction of sp³-hybridized carbons (Fsp3) is 0.444. The van der Waals surface area contributed by atoms with E-state index in [1.165, 1.54) is 4.68 Å². The molecule has 0 spiro atoms. The van der Waals surface area contributed by atoms with Crippen LogP contribution in [0.25, 0.3) is 0 Å². The van der Waals surface area contributed by atoms with E-state index < -0.39 is 11.9 Å². The summed E-state index contributed by atoms with van der Waals surface area (Å²) in [6, 6.07) is 7.11. The van der Waals surface area contributed by atoms with E-state index in [1.807, 2.05) is 25.1 Å². The Hall–Kier alpha value is -2.55. The van der Waals surface area contributed by atoms with Crippen LogP contribution in [-0.2, 0) is 30.5 Å². The second-order valence-electron chi connectivity index (χ2n) is 6.50. The highest BCUT2D eigenvalue weighted by molar-refractivity contribution is 5.95. The van der Waals surface area contributed by atoms with Gasteiger partial charge in [0.15, 0.2) is 5.69 Å². The van der Waals surface area contributed by atoms with Crippen LogP contribution in [0.3, 0.4) is 0 Å². The number of carbonyl (C=O) groups excluding carboxylic acids is 1. The Morgan fingerprint density at radius 1 is 1.37 bits per heavy atom. The Balaban J connectivity index is 1.68. The first kappa shape index (κ1) is 19.2. The zero-order valence-corrected chi connectivity index (χ0v) is 15.1. The molecule has 1 aromatic heterocycles. The smallest absolute Gasteiger partial charge is 0.378 e. The first-order chi connectivity index (χ1) is 12.8. The predicted molar refractivity (Wildman–Crippen MR) is 93.7 cm³/mol. The van der Waals surface area contributed by atoms with Crippen LogP contribution >= 0.6 is 0 Å². The number of halogens is 3. The third-order valence-corrected chi connectivity index (χ3v) is 4.40. The Morgan fingerprint density at radius 3 is 2.85 bits per heavy atom. The number of ether oxygens (including phenoxy) is 1. The number of rotatable bonds is 5. The number of carbonyl (C=O) groups is 1. The lowest BCUT2D eigenvalue weighted by Crippen LogP contribution is -2.28. The highest BCUT2D eigenvalue weighted by Crippen LogP contribution is 2.34. The molecule has 2 aromatic rings. The van der Waals surface area contributed by atoms with E-state index >= 15 is 0 Å². The normalized spacial score (nSPS) is 14.0. The molecule has 1 aromatic carbocycles. The summed E-state index contributed by atoms with van der Waals surface area (Å²) in [4.78, 5) is 14.2. The quantitative estimate of drug-likeness (QED) is 0.863. The van der Waals surface area contributed by atoms with Crippen molar-refractivity contribution in [2.75, 3.05) is 32.1 Å². The van der Waals surface area contributed by atoms with E-state index in [-0.39, 0.29) is 31.2 Å². The molecule has 0 fully saturated rings. The van der Waals surface area contributed by atoms with Crippen LogP contribution < -0.4 is 10.2 Å². The van der Waals surface area contributed by atoms with Gasteiger partial charge < -0.3 is 15.0 Å². The van der Waals surface area contributed by atoms with Gasteiger partial charge in [0.1, 0.15) is 0 Å². The minimum Gasteiger partial charge on any atom is -0.378 e. The van der Waals surface area contributed by atoms with Gasteiger partial charge in [-0.1, -0.05) is 6.07 Å². The molecular weight excluding hydrogens is 361 g/mol. The van der Waals surface area contributed by atoms with Crippen molar-refractivity contribution in [3.05, 3.63) is 46.8 Å². The lowest BCUT2D eigenvalue weighted by atomic mass is 10.1. The van der Waals surface area contributed by atoms with Crippen LogP contribution in [0.1, 0.15) is 27.3 Å². The van der Waals surface area contributed by atoms with Crippen molar-refractivity contribution >= 4 is 11.6 Å². The number of benzene rings is 1. The summed E-state index contributed by atoms with van der Waals surface area (Å²) in [5.41, 5.74) is 1.10. The molecule has 9 heteroatoms. The monoisotopic (exact) mass is 382 g/mol. The lowest BCUT2D eigenvalue weighted by Gasteiger charge is -2.16. The standard InChI is InChI=1S/C18H21F3N4O2/c1-24(2)13-5-3-4-12(10-13)17(26)22-7-8-25-15-6-9-27-11-14(15)16(23-25)18(19,20)21/h3-5,10H,6-9,11H2,1-2H3,(H,22,26). The maximum Gasteiger partial charge on any atom is 0.435 e. The molecule has 1 N–H and O–H groups in total. The molecule has 0 bridgehead atoms. The first-order valence-corrected chi connectivity index (χ1v) is 8.56. The fourth-order valence-electron chi connectivity index (χ4n) is 3.02. The summed E-state index contributed by atoms with van der Waals surface area (Å²) >= 11 is 0. The maximum absolute atomic E-state index is 13.2. The van der Waals surface area contributed by atoms with Crippen molar-refractivity contribution in [1.82, 2.24) is 15.1 Å². The number of alkyl halides is 3. The number of nitrogens with one attached hydrogen (secondary N) is 1. The summed E-state index contributed by atoms with van der Waals surface area (Å²) < 4.78 is 46.0. The minimum absolute atomic E-state index is 0.0894. The van der Waals surface area contributed by atoms with Crippen molar-refractivity contribution in [3.8, 4) is 0 Å². The van der Waals surface area contributed by atoms with E-state index in [4.69, 9.17) is 4.74 Å². The second kappa shape index (κ2) is 7.59. The second-order valence-corrected chi connectivity index (χ2v) is 6.50. The number of anilines is 1. The van der Waals surface area contributed by atoms with Gasteiger partial charge in [-0.25, -0.2) is 0 Å². The summed E-state index contributed by atoms with van der Waals surface area (Å²) in [5, 5.41) is 6.46. The van der Waals surface area contributed by atoms with Crippen LogP contribution in [-0.4, -0.2) is 42.9 Å². The van der Waals surface area contributed by atoms with E-state index in [0.29, 0.717) is 24.3 Å². The van der Waals surface area contributed by atoms with Crippen LogP contribution in [0.2, 0.25) is 0 Å². The molecule has 1 aliphatic heterocycles. The van der Waals surface area contributed by atoms with Gasteiger partial charge in [0.25, 0.3) is 5.91 Å². The Kier molecular flexibility index (Phi) is 5.41. The van der Waals surface area contributed by atoms with Crippen LogP contribution in [0, 0.1) is 0 Å². The van der Waals surface area contributed by atoms with E-state index in [9.17, 15) is 18.0 Å². The number of amides is 1. The molecule has 0 saturated heterocycles. The summed E-state index contributed by atoms with van der Waals surface area (Å²) in [5.74, 6) is -0.279. The summed E-state index contributed by atoms with van der Waals surface area (Å²) in [6.45, 7) is 0.613. The van der Waals surface area contributed by atoms with Gasteiger partial charge in [-0.05, 0) is 18.2 Å². The van der Waals surface area contributed by atoms with Crippen LogP contribution in [0.15, 0.2) is 24.3 Å². The molecule has 0 radical (unpaired) electrons. The van der Waals surface area contributed by atoms with Gasteiger partial charge in [-0.15, -0.1) is 0 Å². The Labute approximate surface area is 154 Å². The molecule has 0 aliphatic carbocycles. The maximum atomic E-state index is 13.2. The van der Waals surface area contributed by atoms with Gasteiger partial charge in [0, 0.05) is 49.6 Å². The first-order valence-electron chi connectivity index (χ1n) is 8.56. The Bertz CT molecular complexity index is 830. The molecule has 27 heavy (non-hydrogen) atoms. The van der Waals surface area contributed by atoms with Crippen LogP contribution in [0.5, 0.6) is 0 Å². The highest BCUT2D eigenvalue weighted by Gasteiger charge is 2.39. The summed E-state index contributed by atoms with van der Waals surface area (Å²) in [7, 11) is 3.75. The SMILES string of the molecule is CN(C)c1cccc(C(=O)NCCn2nc(C(F)(F)F)c3c2CCOC3)c1. The zero-order valence-electron chi connectivity index (χ0n) is 15.1. The lowest BCUT2D eigenvalue weighted by molar-refractivity contribution is -0.142. The molecule has 2 heterocycles. The molecule has 0 unspecified atom stereocenters. The number of hydrogen-bond acceptors (Lipinski definition) is 4. The number of nitrogens with zero attached hydrogens (tertiary/aromatic N) is 3. The topological polar surface area (TPSA) is 59.4 Å². The fourth-order valence-corrected chi connectivity index (χ4v) is 3.02. The van der Waals surface area contributed by atoms with Gasteiger partial charge in [0.2, 0.25) is 0 Å². The molecule has 6 nitrogen and oxygen atoms in total. The van der Waals surface area contributed by atoms with E-state index in [1.54, 1.807) is 18.2 Å². The largest absolute Gasteiger partial charge is 0.435 e. The molecule has 1 aliphatic rings. The van der Waals surface area contributed by atoms with Gasteiger partial charge in [-0.2, -0.15) is 18.3 Å². The van der Waals surface area contributed by atoms with E-state index in [0.717, 1.165) is 5.69 Å². The average molecular weight is 382 g/mol. The van der Waals surface area contributed by atoms with Crippen molar-refractivity contribution in [2.24, 2.45) is 0 Å². The molecule has 0 atom stereocenters. The molecule has 0 saturated carbocycles. The van der Waals surface area contributed by atoms with Crippen molar-refractivity contribution in [1.29, 1.82) is 0 Å². The van der Waals surface area contributed by atoms with Crippen molar-refractivity contribution in [3.63, 3.8) is 0 Å². The molecule has 3 rings (SSSR count). The van der Waals surface area contributed by atoms with Gasteiger partial charge in [0.05, 0.1) is 19.8 Å². The summed E-state index contributed by atoms with van der Waals surface area (Å²) in [6.07, 6.45) is -4.15. The van der Waals surface area contributed by atoms with Gasteiger partial charge in [-0.3, -0.25) is 9.48 Å². The number of aromatic nitrogens is 2. The van der Waals surface area contributed by atoms with Crippen molar-refractivity contribution in [2.45, 2.75) is 25.7 Å². The third-order valence-electron chi connectivity index (χ3n) is 4.40. The number of fused-ring (bicyclic) bond motifs is 1. The molecule has 1 amide bonds. The number of hydrogen-bond donors (Lipinski definition) is 1. The van der Waals surface area contributed by atoms with Crippen LogP contribution in [0.4, 0.5) is 18.9 Å². The zero-order chi connectivity index (χ0) is 19.6. The minimum atomic E-state index is -4.52. The third kappa shape index (κ3) is 4.24. The highest BCUT2D eigenvalue weighted by atomic mass is 19.4. The van der Waals surface area contributed by atoms with E-state index in [2.05, 4.69) is 10.4 Å². The van der Waals surface area contributed by atoms with Gasteiger partial charge >= 0.3 is 6.18 Å². The molecule has 146 valence electrons. The molecular formula is C18H21F3N4O2. The Morgan fingerprint density at radius 2 is 2.15 bits per heavy atom.